The quantitative estimate of drug-likeness (QED) is 0.0125. The maximum atomic E-state index is 11.4. The Morgan fingerprint density at radius 1 is 0.378 bits per heavy atom. The van der Waals surface area contributed by atoms with Crippen LogP contribution in [-0.2, 0) is 10.8 Å². The molecular formula is C104H126ClI15N6O9. The average Bonchev–Trinajstić information content (AvgIpc) is 1.58. The van der Waals surface area contributed by atoms with Gasteiger partial charge in [-0.2, -0.15) is 4.58 Å². The Morgan fingerprint density at radius 3 is 1.03 bits per heavy atom. The number of carbonyl (C=O) groups excluding carboxylic acids is 4. The smallest absolute Gasteiger partial charge is 0.253 e. The van der Waals surface area contributed by atoms with Crippen LogP contribution in [0.15, 0.2) is 170 Å². The van der Waals surface area contributed by atoms with Crippen molar-refractivity contribution >= 4 is 401 Å². The highest BCUT2D eigenvalue weighted by Gasteiger charge is 2.46. The van der Waals surface area contributed by atoms with Crippen LogP contribution in [0, 0.1) is 63.8 Å². The summed E-state index contributed by atoms with van der Waals surface area (Å²) in [7, 11) is 1.64. The van der Waals surface area contributed by atoms with Crippen LogP contribution in [0.5, 0.6) is 5.75 Å². The first-order valence-corrected chi connectivity index (χ1v) is 62.5. The van der Waals surface area contributed by atoms with E-state index in [2.05, 4.69) is 533 Å². The van der Waals surface area contributed by atoms with Crippen LogP contribution in [0.3, 0.4) is 0 Å². The summed E-state index contributed by atoms with van der Waals surface area (Å²) in [5.74, 6) is 0.968. The van der Waals surface area contributed by atoms with Crippen molar-refractivity contribution in [2.45, 2.75) is 234 Å². The van der Waals surface area contributed by atoms with E-state index in [1.54, 1.807) is 28.2 Å². The molecule has 0 aromatic heterocycles. The van der Waals surface area contributed by atoms with Crippen LogP contribution >= 0.6 is 339 Å². The fraction of sp³-hybridized carbons (Fsp3) is 0.413. The van der Waals surface area contributed by atoms with Crippen molar-refractivity contribution in [1.29, 1.82) is 0 Å². The summed E-state index contributed by atoms with van der Waals surface area (Å²) >= 11 is 33.5. The van der Waals surface area contributed by atoms with Crippen molar-refractivity contribution in [3.8, 4) is 5.75 Å². The van der Waals surface area contributed by atoms with Gasteiger partial charge in [0.2, 0.25) is 5.69 Å². The molecule has 738 valence electrons. The molecule has 31 heteroatoms. The number of ether oxygens (including phenoxy) is 1. The maximum Gasteiger partial charge on any atom is 0.253 e. The van der Waals surface area contributed by atoms with E-state index in [-0.39, 0.29) is 41.9 Å². The molecule has 135 heavy (non-hydrogen) atoms. The number of unbranched alkanes of at least 4 members (excludes halogenated alkanes) is 23. The van der Waals surface area contributed by atoms with Crippen LogP contribution in [0.2, 0.25) is 0 Å². The monoisotopic (exact) mass is 3540 g/mol. The van der Waals surface area contributed by atoms with Gasteiger partial charge in [-0.25, -0.2) is 18.6 Å². The molecule has 0 spiro atoms. The number of anilines is 1. The van der Waals surface area contributed by atoms with Crippen LogP contribution in [-0.4, -0.2) is 81.8 Å². The fourth-order valence-electron chi connectivity index (χ4n) is 15.7. The zero-order valence-corrected chi connectivity index (χ0v) is 111. The van der Waals surface area contributed by atoms with Gasteiger partial charge in [0.25, 0.3) is 23.6 Å². The molecule has 2 aliphatic rings. The van der Waals surface area contributed by atoms with Crippen molar-refractivity contribution in [3.63, 3.8) is 0 Å². The minimum absolute atomic E-state index is 0. The van der Waals surface area contributed by atoms with E-state index in [1.165, 1.54) is 233 Å². The molecule has 2 aliphatic heterocycles. The lowest BCUT2D eigenvalue weighted by Crippen LogP contribution is -2.68. The number of nitrogens with one attached hydrogen (secondary N) is 4. The van der Waals surface area contributed by atoms with Crippen LogP contribution < -0.4 is 49.5 Å². The molecule has 2 heterocycles. The van der Waals surface area contributed by atoms with Gasteiger partial charge in [-0.3, -0.25) is 19.2 Å². The van der Waals surface area contributed by atoms with Gasteiger partial charge >= 0.3 is 0 Å². The Morgan fingerprint density at radius 2 is 0.681 bits per heavy atom. The van der Waals surface area contributed by atoms with Crippen molar-refractivity contribution < 1.29 is 57.4 Å². The third-order valence-electron chi connectivity index (χ3n) is 22.3. The summed E-state index contributed by atoms with van der Waals surface area (Å²) in [6.07, 6.45) is 46.9. The summed E-state index contributed by atoms with van der Waals surface area (Å²) in [5, 5.41) is 16.0. The molecule has 9 aromatic rings. The highest BCUT2D eigenvalue weighted by molar-refractivity contribution is 14.1. The average molecular weight is 3540 g/mol. The number of hydrogen-bond acceptors (Lipinski definition) is 10. The largest absolute Gasteiger partial charge is 0.491 e. The number of halogens is 16. The summed E-state index contributed by atoms with van der Waals surface area (Å²) in [6, 6.07) is 47.7. The number of allylic oxidation sites excluding steroid dienone is 6. The first-order valence-electron chi connectivity index (χ1n) is 45.1. The SMILES string of the molecule is C.CCCCCCCCCCCCN1\C(=C/C=C/C=C/C2=[N+](CCCCCCCCCCCC)c3ccc4ccccc4c3C2(C)C)C(C)(C)c2c1ccc1ccccc21.CCCCCCCCOc1c(I)cc(I)cc1I.CNC(=O)c1c(I)cc(I)cc1I.CNC(=O)c1c(I)cc(I)cc1I.CNC(=O)c1c(I)cc(I)cc1I.CNC(=O)c1c(I)cc(I)cc1I.[O-][Cl+3]([O-])([O-])[O-]. The Balaban J connectivity index is 0.000000401. The fourth-order valence-corrected chi connectivity index (χ4v) is 35.9. The number of fused-ring (bicyclic) bond motifs is 6. The number of rotatable bonds is 37. The van der Waals surface area contributed by atoms with Crippen LogP contribution in [0.1, 0.15) is 275 Å². The summed E-state index contributed by atoms with van der Waals surface area (Å²) in [5.41, 5.74) is 11.5. The lowest BCUT2D eigenvalue weighted by Gasteiger charge is -2.27. The summed E-state index contributed by atoms with van der Waals surface area (Å²) in [6.45, 7) is 19.6. The Labute approximate surface area is 1010 Å². The van der Waals surface area contributed by atoms with Gasteiger partial charge in [-0.15, -0.1) is 10.2 Å². The molecule has 15 nitrogen and oxygen atoms in total. The van der Waals surface area contributed by atoms with Gasteiger partial charge in [-0.05, 0) is 478 Å². The number of benzene rings is 9. The van der Waals surface area contributed by atoms with E-state index < -0.39 is 10.2 Å². The number of amides is 4. The second-order valence-corrected chi connectivity index (χ2v) is 51.6. The van der Waals surface area contributed by atoms with E-state index in [1.807, 2.05) is 48.5 Å². The van der Waals surface area contributed by atoms with E-state index in [0.29, 0.717) is 0 Å². The molecule has 0 unspecified atom stereocenters. The predicted molar refractivity (Wildman–Crippen MR) is 683 cm³/mol. The third kappa shape index (κ3) is 43.6. The summed E-state index contributed by atoms with van der Waals surface area (Å²) < 4.78 is 58.8. The van der Waals surface area contributed by atoms with Crippen molar-refractivity contribution in [3.05, 3.63) is 256 Å². The normalized spacial score (nSPS) is 12.9. The molecule has 0 radical (unpaired) electrons. The molecule has 0 fully saturated rings. The molecule has 4 N–H and O–H groups in total. The number of hydrogen-bond donors (Lipinski definition) is 4. The van der Waals surface area contributed by atoms with Gasteiger partial charge < -0.3 is 30.9 Å². The lowest BCUT2D eigenvalue weighted by atomic mass is 9.79. The molecule has 4 amide bonds. The number of nitrogens with zero attached hydrogens (tertiary/aromatic N) is 2. The van der Waals surface area contributed by atoms with E-state index in [0.717, 1.165) is 90.5 Å². The third-order valence-corrected chi connectivity index (χ3v) is 33.8. The topological polar surface area (TPSA) is 224 Å². The highest BCUT2D eigenvalue weighted by Crippen LogP contribution is 2.51. The second-order valence-electron chi connectivity index (χ2n) is 32.9. The van der Waals surface area contributed by atoms with Gasteiger partial charge in [0.1, 0.15) is 12.3 Å². The van der Waals surface area contributed by atoms with Gasteiger partial charge in [0.15, 0.2) is 5.71 Å². The second kappa shape index (κ2) is 68.5. The van der Waals surface area contributed by atoms with Crippen LogP contribution in [0.4, 0.5) is 11.4 Å². The molecule has 0 saturated heterocycles. The molecule has 0 atom stereocenters. The van der Waals surface area contributed by atoms with Crippen molar-refractivity contribution in [1.82, 2.24) is 21.3 Å². The molecule has 9 aromatic carbocycles. The summed E-state index contributed by atoms with van der Waals surface area (Å²) in [4.78, 5) is 48.4. The zero-order valence-electron chi connectivity index (χ0n) is 77.7. The molecular weight excluding hydrogens is 3420 g/mol. The molecule has 0 bridgehead atoms. The Kier molecular flexibility index (Phi) is 65.1. The maximum absolute atomic E-state index is 11.4. The number of carbonyl (C=O) groups is 4. The van der Waals surface area contributed by atoms with Gasteiger partial charge in [0.05, 0.1) is 41.4 Å². The predicted octanol–water partition coefficient (Wildman–Crippen LogP) is 30.6. The Bertz CT molecular complexity index is 5050. The lowest BCUT2D eigenvalue weighted by molar-refractivity contribution is -2.00. The minimum Gasteiger partial charge on any atom is -0.491 e. The molecule has 0 aliphatic carbocycles. The Hall–Kier alpha value is 0.950. The van der Waals surface area contributed by atoms with Crippen LogP contribution in [0.25, 0.3) is 21.5 Å². The highest BCUT2D eigenvalue weighted by atomic mass is 127. The minimum atomic E-state index is -4.94. The van der Waals surface area contributed by atoms with Gasteiger partial charge in [0, 0.05) is 122 Å². The zero-order chi connectivity index (χ0) is 99.4. The van der Waals surface area contributed by atoms with Crippen molar-refractivity contribution in [2.24, 2.45) is 0 Å². The standard InChI is InChI=1S/C57H79N2.C14H19I3O.4C8H6I3NO.CH4.ClHO4/c1-7-9-11-13-15-17-19-21-23-32-44-58-50-42-40-46-34-28-30-36-48(46)54(50)56(3,4)52(58)38-26-25-27-39-53-57(5,6)55-49-37-31-29-35-47(49)41-43-51(55)59(53)45-33-24-22-20-18-16-14-12-10-8-2;1-2-3-4-5-6-7-8-18-14-12(16)9-11(15)10-13(14)17;4*1-12-8(13)7-5(10)2-4(9)3-6(7)11;;2-1(3,4)5/h25-31,34-43H,7-24,32-33,44-45H2,1-6H3;9-10H,2-8H2,1H3;4*2-3H,1H3,(H,12,13);1H4;(H,2,3,4,5)/q+1;;;;;;;/p-1. The van der Waals surface area contributed by atoms with E-state index in [9.17, 15) is 19.2 Å². The first kappa shape index (κ1) is 128. The first-order chi connectivity index (χ1) is 63.7. The van der Waals surface area contributed by atoms with E-state index in [4.69, 9.17) is 23.4 Å². The van der Waals surface area contributed by atoms with Crippen molar-refractivity contribution in [2.75, 3.05) is 52.8 Å². The molecule has 11 rings (SSSR count). The van der Waals surface area contributed by atoms with Gasteiger partial charge in [-0.1, -0.05) is 256 Å². The molecule has 0 saturated carbocycles. The van der Waals surface area contributed by atoms with E-state index >= 15 is 0 Å².